The van der Waals surface area contributed by atoms with Gasteiger partial charge in [0.15, 0.2) is 5.78 Å². The fourth-order valence-electron chi connectivity index (χ4n) is 3.31. The van der Waals surface area contributed by atoms with Crippen LogP contribution in [0.2, 0.25) is 0 Å². The van der Waals surface area contributed by atoms with Crippen molar-refractivity contribution in [2.75, 3.05) is 0 Å². The number of nitrogens with zero attached hydrogens (tertiary/aromatic N) is 1. The number of hydrogen-bond donors (Lipinski definition) is 1. The molecule has 1 aromatic heterocycles. The molecule has 0 aliphatic carbocycles. The molecule has 1 N–H and O–H groups in total. The van der Waals surface area contributed by atoms with Crippen molar-refractivity contribution in [1.82, 2.24) is 4.57 Å². The van der Waals surface area contributed by atoms with Crippen LogP contribution in [0.5, 0.6) is 0 Å². The smallest absolute Gasteiger partial charge is 0.195 e. The van der Waals surface area contributed by atoms with Crippen LogP contribution in [0.4, 0.5) is 0 Å². The molecule has 0 bridgehead atoms. The Morgan fingerprint density at radius 3 is 2.46 bits per heavy atom. The van der Waals surface area contributed by atoms with Gasteiger partial charge in [0.2, 0.25) is 0 Å². The van der Waals surface area contributed by atoms with Crippen LogP contribution in [0.1, 0.15) is 54.0 Å². The first-order valence-corrected chi connectivity index (χ1v) is 8.52. The van der Waals surface area contributed by atoms with Crippen molar-refractivity contribution in [2.45, 2.75) is 39.3 Å². The average Bonchev–Trinajstić information content (AvgIpc) is 2.91. The fraction of sp³-hybridized carbons (Fsp3) is 0.286. The average molecular weight is 321 g/mol. The molecule has 0 spiro atoms. The number of carbonyl (C=O) groups is 1. The van der Waals surface area contributed by atoms with E-state index in [1.807, 2.05) is 66.1 Å². The normalized spacial score (nSPS) is 12.5. The van der Waals surface area contributed by atoms with Crippen molar-refractivity contribution in [1.29, 1.82) is 0 Å². The molecule has 24 heavy (non-hydrogen) atoms. The summed E-state index contributed by atoms with van der Waals surface area (Å²) in [5.41, 5.74) is 3.10. The van der Waals surface area contributed by atoms with Crippen LogP contribution in [0, 0.1) is 6.92 Å². The van der Waals surface area contributed by atoms with E-state index >= 15 is 0 Å². The van der Waals surface area contributed by atoms with Crippen molar-refractivity contribution in [3.05, 3.63) is 71.4 Å². The highest BCUT2D eigenvalue weighted by Crippen LogP contribution is 2.31. The third-order valence-electron chi connectivity index (χ3n) is 4.53. The highest BCUT2D eigenvalue weighted by molar-refractivity contribution is 6.17. The molecule has 3 nitrogen and oxygen atoms in total. The van der Waals surface area contributed by atoms with Crippen LogP contribution >= 0.6 is 0 Å². The minimum absolute atomic E-state index is 0.00532. The number of aliphatic hydroxyl groups is 1. The van der Waals surface area contributed by atoms with Crippen LogP contribution in [-0.4, -0.2) is 15.5 Å². The van der Waals surface area contributed by atoms with E-state index in [1.165, 1.54) is 0 Å². The molecule has 0 radical (unpaired) electrons. The van der Waals surface area contributed by atoms with E-state index in [0.29, 0.717) is 17.5 Å². The summed E-state index contributed by atoms with van der Waals surface area (Å²) in [6.45, 7) is 4.03. The van der Waals surface area contributed by atoms with Crippen molar-refractivity contribution >= 4 is 16.7 Å². The van der Waals surface area contributed by atoms with Crippen LogP contribution < -0.4 is 0 Å². The Labute approximate surface area is 142 Å². The number of aliphatic hydroxyl groups excluding tert-OH is 1. The minimum Gasteiger partial charge on any atom is -0.373 e. The van der Waals surface area contributed by atoms with E-state index in [9.17, 15) is 9.90 Å². The fourth-order valence-corrected chi connectivity index (χ4v) is 3.31. The Morgan fingerprint density at radius 2 is 1.75 bits per heavy atom. The Morgan fingerprint density at radius 1 is 1.08 bits per heavy atom. The molecule has 1 unspecified atom stereocenters. The lowest BCUT2D eigenvalue weighted by atomic mass is 10.0. The number of aromatic nitrogens is 1. The number of ketones is 1. The monoisotopic (exact) mass is 321 g/mol. The molecule has 0 amide bonds. The molecule has 0 aliphatic heterocycles. The van der Waals surface area contributed by atoms with Gasteiger partial charge in [-0.3, -0.25) is 4.79 Å². The number of benzene rings is 2. The van der Waals surface area contributed by atoms with Gasteiger partial charge in [0.05, 0.1) is 11.1 Å². The predicted octanol–water partition coefficient (Wildman–Crippen LogP) is 4.86. The Hall–Kier alpha value is -2.39. The van der Waals surface area contributed by atoms with Crippen molar-refractivity contribution in [3.8, 4) is 0 Å². The molecule has 0 fully saturated rings. The molecule has 3 aromatic rings. The molecule has 1 heterocycles. The third kappa shape index (κ3) is 2.87. The summed E-state index contributed by atoms with van der Waals surface area (Å²) in [6, 6.07) is 17.1. The number of carbonyl (C=O) groups excluding carboxylic acids is 1. The molecule has 0 aliphatic rings. The minimum atomic E-state index is -0.604. The lowest BCUT2D eigenvalue weighted by Crippen LogP contribution is -2.11. The molecule has 124 valence electrons. The summed E-state index contributed by atoms with van der Waals surface area (Å²) in [6.07, 6.45) is 2.07. The molecular formula is C21H23NO2. The first-order valence-electron chi connectivity index (χ1n) is 8.52. The van der Waals surface area contributed by atoms with E-state index in [1.54, 1.807) is 0 Å². The molecular weight excluding hydrogens is 298 g/mol. The molecule has 0 saturated heterocycles. The van der Waals surface area contributed by atoms with E-state index in [2.05, 4.69) is 6.92 Å². The van der Waals surface area contributed by atoms with Crippen LogP contribution in [0.25, 0.3) is 10.9 Å². The summed E-state index contributed by atoms with van der Waals surface area (Å²) in [5.74, 6) is 0.00532. The summed E-state index contributed by atoms with van der Waals surface area (Å²) < 4.78 is 1.90. The maximum atomic E-state index is 13.0. The number of unbranched alkanes of at least 4 members (excludes halogenated alkanes) is 1. The van der Waals surface area contributed by atoms with E-state index in [4.69, 9.17) is 0 Å². The zero-order valence-corrected chi connectivity index (χ0v) is 14.2. The second-order valence-electron chi connectivity index (χ2n) is 6.17. The molecule has 3 heteroatoms. The van der Waals surface area contributed by atoms with Gasteiger partial charge >= 0.3 is 0 Å². The van der Waals surface area contributed by atoms with Gasteiger partial charge in [-0.25, -0.2) is 0 Å². The highest BCUT2D eigenvalue weighted by atomic mass is 16.3. The second kappa shape index (κ2) is 7.02. The summed E-state index contributed by atoms with van der Waals surface area (Å²) in [4.78, 5) is 13.0. The van der Waals surface area contributed by atoms with Gasteiger partial charge in [0.1, 0.15) is 6.23 Å². The van der Waals surface area contributed by atoms with Crippen molar-refractivity contribution in [2.24, 2.45) is 0 Å². The Bertz CT molecular complexity index is 849. The van der Waals surface area contributed by atoms with Crippen LogP contribution in [0.3, 0.4) is 0 Å². The summed E-state index contributed by atoms with van der Waals surface area (Å²) >= 11 is 0. The first-order chi connectivity index (χ1) is 11.6. The zero-order chi connectivity index (χ0) is 17.1. The van der Waals surface area contributed by atoms with E-state index < -0.39 is 6.23 Å². The van der Waals surface area contributed by atoms with Gasteiger partial charge in [0, 0.05) is 16.6 Å². The van der Waals surface area contributed by atoms with Crippen molar-refractivity contribution in [3.63, 3.8) is 0 Å². The van der Waals surface area contributed by atoms with Gasteiger partial charge in [-0.15, -0.1) is 0 Å². The van der Waals surface area contributed by atoms with Crippen LogP contribution in [0.15, 0.2) is 54.6 Å². The Balaban J connectivity index is 2.15. The molecule has 0 saturated carbocycles. The van der Waals surface area contributed by atoms with Gasteiger partial charge in [0.25, 0.3) is 0 Å². The number of rotatable bonds is 6. The number of hydrogen-bond acceptors (Lipinski definition) is 2. The van der Waals surface area contributed by atoms with E-state index in [0.717, 1.165) is 29.4 Å². The Kier molecular flexibility index (Phi) is 4.81. The van der Waals surface area contributed by atoms with E-state index in [-0.39, 0.29) is 5.78 Å². The maximum absolute atomic E-state index is 13.0. The third-order valence-corrected chi connectivity index (χ3v) is 4.53. The second-order valence-corrected chi connectivity index (χ2v) is 6.17. The standard InChI is InChI=1S/C21H23NO2/c1-3-4-14-19(23)22-15(2)20(17-12-8-9-13-18(17)22)21(24)16-10-6-5-7-11-16/h5-13,19,23H,3-4,14H2,1-2H3. The predicted molar refractivity (Wildman–Crippen MR) is 97.3 cm³/mol. The number of para-hydroxylation sites is 1. The quantitative estimate of drug-likeness (QED) is 0.659. The zero-order valence-electron chi connectivity index (χ0n) is 14.2. The molecule has 1 atom stereocenters. The lowest BCUT2D eigenvalue weighted by Gasteiger charge is -2.16. The first kappa shape index (κ1) is 16.5. The van der Waals surface area contributed by atoms with Crippen LogP contribution in [-0.2, 0) is 0 Å². The largest absolute Gasteiger partial charge is 0.373 e. The lowest BCUT2D eigenvalue weighted by molar-refractivity contribution is 0.0940. The van der Waals surface area contributed by atoms with Gasteiger partial charge < -0.3 is 9.67 Å². The topological polar surface area (TPSA) is 42.2 Å². The van der Waals surface area contributed by atoms with Gasteiger partial charge in [-0.05, 0) is 25.8 Å². The van der Waals surface area contributed by atoms with Crippen molar-refractivity contribution < 1.29 is 9.90 Å². The summed E-state index contributed by atoms with van der Waals surface area (Å²) in [5, 5.41) is 11.6. The molecule has 2 aromatic carbocycles. The van der Waals surface area contributed by atoms with Gasteiger partial charge in [-0.2, -0.15) is 0 Å². The SMILES string of the molecule is CCCCC(O)n1c(C)c(C(=O)c2ccccc2)c2ccccc21. The maximum Gasteiger partial charge on any atom is 0.195 e. The molecule has 3 rings (SSSR count). The summed E-state index contributed by atoms with van der Waals surface area (Å²) in [7, 11) is 0. The number of fused-ring (bicyclic) bond motifs is 1. The van der Waals surface area contributed by atoms with Gasteiger partial charge in [-0.1, -0.05) is 61.9 Å². The highest BCUT2D eigenvalue weighted by Gasteiger charge is 2.23.